The lowest BCUT2D eigenvalue weighted by atomic mass is 10.8. The summed E-state index contributed by atoms with van der Waals surface area (Å²) in [5, 5.41) is 0. The van der Waals surface area contributed by atoms with E-state index in [1.54, 1.807) is 0 Å². The van der Waals surface area contributed by atoms with Crippen LogP contribution in [0.5, 0.6) is 0 Å². The summed E-state index contributed by atoms with van der Waals surface area (Å²) in [5.74, 6) is 0. The molecule has 0 aromatic carbocycles. The van der Waals surface area contributed by atoms with Crippen molar-refractivity contribution in [3.05, 3.63) is 0 Å². The largest absolute Gasteiger partial charge is 0.297 e. The molecule has 0 N–H and O–H groups in total. The Bertz CT molecular complexity index is 175. The lowest BCUT2D eigenvalue weighted by Crippen LogP contribution is -2.12. The Morgan fingerprint density at radius 2 is 1.90 bits per heavy atom. The SMILES string of the molecule is O=S(=O)(CF)OCC(F)F. The van der Waals surface area contributed by atoms with Gasteiger partial charge in [-0.2, -0.15) is 8.42 Å². The number of hydrogen-bond donors (Lipinski definition) is 0. The molecule has 0 heterocycles. The van der Waals surface area contributed by atoms with Crippen LogP contribution in [0.2, 0.25) is 0 Å². The molecule has 0 fully saturated rings. The maximum Gasteiger partial charge on any atom is 0.297 e. The van der Waals surface area contributed by atoms with E-state index >= 15 is 0 Å². The van der Waals surface area contributed by atoms with Crippen molar-refractivity contribution in [1.29, 1.82) is 0 Å². The van der Waals surface area contributed by atoms with Crippen molar-refractivity contribution < 1.29 is 25.8 Å². The van der Waals surface area contributed by atoms with Crippen molar-refractivity contribution >= 4 is 10.1 Å². The molecule has 7 heteroatoms. The predicted molar refractivity (Wildman–Crippen MR) is 26.9 cm³/mol. The Kier molecular flexibility index (Phi) is 3.66. The molecular weight excluding hydrogens is 173 g/mol. The highest BCUT2D eigenvalue weighted by Crippen LogP contribution is 1.98. The van der Waals surface area contributed by atoms with Gasteiger partial charge in [0.2, 0.25) is 6.01 Å². The molecule has 0 amide bonds. The number of halogens is 3. The van der Waals surface area contributed by atoms with E-state index in [-0.39, 0.29) is 0 Å². The van der Waals surface area contributed by atoms with Gasteiger partial charge in [-0.05, 0) is 0 Å². The molecule has 0 radical (unpaired) electrons. The van der Waals surface area contributed by atoms with E-state index in [2.05, 4.69) is 4.18 Å². The van der Waals surface area contributed by atoms with Crippen molar-refractivity contribution in [2.24, 2.45) is 0 Å². The third-order valence-corrected chi connectivity index (χ3v) is 1.27. The van der Waals surface area contributed by atoms with Gasteiger partial charge in [0.1, 0.15) is 6.61 Å². The molecule has 62 valence electrons. The molecule has 0 spiro atoms. The van der Waals surface area contributed by atoms with Gasteiger partial charge in [0.25, 0.3) is 16.5 Å². The molecule has 0 atom stereocenters. The summed E-state index contributed by atoms with van der Waals surface area (Å²) in [6.45, 7) is -1.29. The van der Waals surface area contributed by atoms with Crippen molar-refractivity contribution in [2.75, 3.05) is 12.6 Å². The van der Waals surface area contributed by atoms with Crippen molar-refractivity contribution in [2.45, 2.75) is 6.43 Å². The summed E-state index contributed by atoms with van der Waals surface area (Å²) in [6, 6.07) is -1.78. The second kappa shape index (κ2) is 3.77. The van der Waals surface area contributed by atoms with Crippen molar-refractivity contribution in [3.63, 3.8) is 0 Å². The zero-order valence-corrected chi connectivity index (χ0v) is 5.57. The highest BCUT2D eigenvalue weighted by Gasteiger charge is 2.13. The standard InChI is InChI=1S/C3H5F3O3S/c4-2-10(7,8)9-1-3(5)6/h3H,1-2H2. The Morgan fingerprint density at radius 3 is 2.20 bits per heavy atom. The number of alkyl halides is 3. The predicted octanol–water partition coefficient (Wildman–Crippen LogP) is 0.525. The van der Waals surface area contributed by atoms with Crippen LogP contribution in [0.4, 0.5) is 13.2 Å². The highest BCUT2D eigenvalue weighted by molar-refractivity contribution is 7.86. The first-order chi connectivity index (χ1) is 4.48. The Morgan fingerprint density at radius 1 is 1.40 bits per heavy atom. The summed E-state index contributed by atoms with van der Waals surface area (Å²) in [6.07, 6.45) is -2.90. The molecule has 0 aromatic heterocycles. The Balaban J connectivity index is 3.70. The summed E-state index contributed by atoms with van der Waals surface area (Å²) < 4.78 is 57.1. The molecule has 0 saturated heterocycles. The normalized spacial score (nSPS) is 12.4. The van der Waals surface area contributed by atoms with Crippen LogP contribution in [0.1, 0.15) is 0 Å². The lowest BCUT2D eigenvalue weighted by Gasteiger charge is -1.98. The maximum atomic E-state index is 11.3. The average Bonchev–Trinajstić information content (AvgIpc) is 1.85. The maximum absolute atomic E-state index is 11.3. The molecular formula is C3H5F3O3S. The minimum atomic E-state index is -4.36. The van der Waals surface area contributed by atoms with Gasteiger partial charge in [0, 0.05) is 0 Å². The summed E-state index contributed by atoms with van der Waals surface area (Å²) in [7, 11) is -4.36. The van der Waals surface area contributed by atoms with E-state index in [4.69, 9.17) is 0 Å². The number of rotatable bonds is 4. The molecule has 0 aliphatic carbocycles. The molecule has 0 aliphatic rings. The van der Waals surface area contributed by atoms with Gasteiger partial charge < -0.3 is 0 Å². The van der Waals surface area contributed by atoms with Gasteiger partial charge in [-0.25, -0.2) is 13.2 Å². The molecule has 10 heavy (non-hydrogen) atoms. The molecule has 3 nitrogen and oxygen atoms in total. The summed E-state index contributed by atoms with van der Waals surface area (Å²) in [5.41, 5.74) is 0. The summed E-state index contributed by atoms with van der Waals surface area (Å²) in [4.78, 5) is 0. The Labute approximate surface area is 55.9 Å². The van der Waals surface area contributed by atoms with Crippen LogP contribution in [0.15, 0.2) is 0 Å². The van der Waals surface area contributed by atoms with E-state index < -0.39 is 29.2 Å². The van der Waals surface area contributed by atoms with Gasteiger partial charge in [-0.15, -0.1) is 0 Å². The van der Waals surface area contributed by atoms with Crippen LogP contribution in [-0.4, -0.2) is 27.5 Å². The van der Waals surface area contributed by atoms with E-state index in [9.17, 15) is 21.6 Å². The van der Waals surface area contributed by atoms with Gasteiger partial charge in [-0.1, -0.05) is 0 Å². The van der Waals surface area contributed by atoms with Gasteiger partial charge in [0.15, 0.2) is 0 Å². The second-order valence-corrected chi connectivity index (χ2v) is 2.91. The minimum Gasteiger partial charge on any atom is -0.262 e. The van der Waals surface area contributed by atoms with Gasteiger partial charge in [-0.3, -0.25) is 4.18 Å². The first-order valence-corrected chi connectivity index (χ1v) is 3.77. The van der Waals surface area contributed by atoms with E-state index in [0.717, 1.165) is 0 Å². The fraction of sp³-hybridized carbons (Fsp3) is 1.00. The van der Waals surface area contributed by atoms with Crippen molar-refractivity contribution in [3.8, 4) is 0 Å². The van der Waals surface area contributed by atoms with Crippen molar-refractivity contribution in [1.82, 2.24) is 0 Å². The molecule has 0 aliphatic heterocycles. The first kappa shape index (κ1) is 9.70. The molecule has 0 aromatic rings. The van der Waals surface area contributed by atoms with Crippen LogP contribution in [0.3, 0.4) is 0 Å². The fourth-order valence-electron chi connectivity index (χ4n) is 0.187. The smallest absolute Gasteiger partial charge is 0.262 e. The first-order valence-electron chi connectivity index (χ1n) is 2.19. The topological polar surface area (TPSA) is 43.4 Å². The summed E-state index contributed by atoms with van der Waals surface area (Å²) >= 11 is 0. The third kappa shape index (κ3) is 4.57. The Hall–Kier alpha value is -0.300. The van der Waals surface area contributed by atoms with E-state index in [1.807, 2.05) is 0 Å². The van der Waals surface area contributed by atoms with Crippen LogP contribution in [0.25, 0.3) is 0 Å². The monoisotopic (exact) mass is 178 g/mol. The zero-order chi connectivity index (χ0) is 8.20. The van der Waals surface area contributed by atoms with Crippen LogP contribution in [-0.2, 0) is 14.3 Å². The highest BCUT2D eigenvalue weighted by atomic mass is 32.2. The molecule has 0 bridgehead atoms. The van der Waals surface area contributed by atoms with E-state index in [1.165, 1.54) is 0 Å². The molecule has 0 unspecified atom stereocenters. The van der Waals surface area contributed by atoms with Gasteiger partial charge >= 0.3 is 0 Å². The lowest BCUT2D eigenvalue weighted by molar-refractivity contribution is 0.0840. The minimum absolute atomic E-state index is 1.29. The quantitative estimate of drug-likeness (QED) is 0.589. The average molecular weight is 178 g/mol. The molecule has 0 rings (SSSR count). The molecule has 0 saturated carbocycles. The van der Waals surface area contributed by atoms with E-state index in [0.29, 0.717) is 0 Å². The third-order valence-electron chi connectivity index (χ3n) is 0.507. The van der Waals surface area contributed by atoms with Gasteiger partial charge in [0.05, 0.1) is 0 Å². The fourth-order valence-corrected chi connectivity index (χ4v) is 0.560. The van der Waals surface area contributed by atoms with Crippen LogP contribution in [0, 0.1) is 0 Å². The number of hydrogen-bond acceptors (Lipinski definition) is 3. The second-order valence-electron chi connectivity index (χ2n) is 1.34. The zero-order valence-electron chi connectivity index (χ0n) is 4.76. The van der Waals surface area contributed by atoms with Crippen LogP contribution < -0.4 is 0 Å². The van der Waals surface area contributed by atoms with Crippen LogP contribution >= 0.6 is 0 Å².